The number of rotatable bonds is 5. The first-order chi connectivity index (χ1) is 13.7. The normalized spacial score (nSPS) is 10.7. The topological polar surface area (TPSA) is 91.8 Å². The summed E-state index contributed by atoms with van der Waals surface area (Å²) in [6, 6.07) is 17.3. The maximum absolute atomic E-state index is 12.3. The van der Waals surface area contributed by atoms with Gasteiger partial charge in [0.15, 0.2) is 0 Å². The van der Waals surface area contributed by atoms with Gasteiger partial charge in [-0.25, -0.2) is 4.68 Å². The molecule has 0 aliphatic carbocycles. The molecule has 0 atom stereocenters. The summed E-state index contributed by atoms with van der Waals surface area (Å²) in [6.45, 7) is 0. The van der Waals surface area contributed by atoms with E-state index in [1.807, 2.05) is 60.8 Å². The van der Waals surface area contributed by atoms with Crippen molar-refractivity contribution in [1.29, 1.82) is 0 Å². The molecule has 0 spiro atoms. The molecule has 2 aromatic carbocycles. The van der Waals surface area contributed by atoms with Crippen LogP contribution in [0.4, 0.5) is 0 Å². The van der Waals surface area contributed by atoms with Crippen LogP contribution in [0.1, 0.15) is 22.3 Å². The number of hydrogen-bond acceptors (Lipinski definition) is 3. The molecule has 2 heterocycles. The summed E-state index contributed by atoms with van der Waals surface area (Å²) >= 11 is 0. The number of carbonyl (C=O) groups excluding carboxylic acids is 2. The van der Waals surface area contributed by atoms with E-state index in [1.54, 1.807) is 17.1 Å². The summed E-state index contributed by atoms with van der Waals surface area (Å²) in [5.41, 5.74) is 8.19. The first kappa shape index (κ1) is 17.5. The summed E-state index contributed by atoms with van der Waals surface area (Å²) in [6.07, 6.45) is 6.04. The molecular formula is C21H19N5O2. The number of aromatic amines is 1. The van der Waals surface area contributed by atoms with Crippen molar-refractivity contribution in [2.45, 2.75) is 12.8 Å². The minimum atomic E-state index is -0.359. The quantitative estimate of drug-likeness (QED) is 0.470. The number of hydrazine groups is 1. The Labute approximate surface area is 161 Å². The van der Waals surface area contributed by atoms with Crippen LogP contribution >= 0.6 is 0 Å². The van der Waals surface area contributed by atoms with E-state index in [0.29, 0.717) is 12.0 Å². The van der Waals surface area contributed by atoms with E-state index < -0.39 is 0 Å². The first-order valence-corrected chi connectivity index (χ1v) is 8.95. The van der Waals surface area contributed by atoms with Gasteiger partial charge in [-0.15, -0.1) is 0 Å². The highest BCUT2D eigenvalue weighted by Crippen LogP contribution is 2.17. The molecule has 7 nitrogen and oxygen atoms in total. The van der Waals surface area contributed by atoms with Crippen LogP contribution in [0.3, 0.4) is 0 Å². The number of nitrogens with zero attached hydrogens (tertiary/aromatic N) is 2. The largest absolute Gasteiger partial charge is 0.360 e. The molecular weight excluding hydrogens is 354 g/mol. The molecule has 0 radical (unpaired) electrons. The van der Waals surface area contributed by atoms with Gasteiger partial charge in [-0.2, -0.15) is 5.10 Å². The predicted octanol–water partition coefficient (Wildman–Crippen LogP) is 2.75. The Kier molecular flexibility index (Phi) is 4.88. The van der Waals surface area contributed by atoms with Crippen molar-refractivity contribution in [1.82, 2.24) is 25.6 Å². The number of amides is 2. The number of aromatic nitrogens is 3. The fourth-order valence-electron chi connectivity index (χ4n) is 2.98. The van der Waals surface area contributed by atoms with E-state index in [4.69, 9.17) is 0 Å². The summed E-state index contributed by atoms with van der Waals surface area (Å²) in [4.78, 5) is 27.4. The standard InChI is InChI=1S/C21H19N5O2/c27-20(11-10-15-12-23-26(14-15)16-6-2-1-3-7-16)24-25-21(28)18-13-22-19-9-5-4-8-17(18)19/h1-9,12-14,22H,10-11H2,(H,24,27)(H,25,28). The lowest BCUT2D eigenvalue weighted by Gasteiger charge is -2.06. The molecule has 0 saturated carbocycles. The lowest BCUT2D eigenvalue weighted by atomic mass is 10.2. The number of fused-ring (bicyclic) bond motifs is 1. The van der Waals surface area contributed by atoms with Crippen molar-refractivity contribution < 1.29 is 9.59 Å². The summed E-state index contributed by atoms with van der Waals surface area (Å²) in [7, 11) is 0. The highest BCUT2D eigenvalue weighted by Gasteiger charge is 2.12. The number of hydrogen-bond donors (Lipinski definition) is 3. The lowest BCUT2D eigenvalue weighted by molar-refractivity contribution is -0.121. The van der Waals surface area contributed by atoms with Crippen molar-refractivity contribution in [3.05, 3.63) is 84.3 Å². The van der Waals surface area contributed by atoms with Crippen LogP contribution in [0.25, 0.3) is 16.6 Å². The SMILES string of the molecule is O=C(CCc1cnn(-c2ccccc2)c1)NNC(=O)c1c[nH]c2ccccc12. The molecule has 0 aliphatic heterocycles. The fraction of sp³-hybridized carbons (Fsp3) is 0.0952. The third-order valence-electron chi connectivity index (χ3n) is 4.45. The van der Waals surface area contributed by atoms with E-state index >= 15 is 0 Å². The predicted molar refractivity (Wildman–Crippen MR) is 106 cm³/mol. The van der Waals surface area contributed by atoms with Gasteiger partial charge in [-0.05, 0) is 30.2 Å². The summed E-state index contributed by atoms with van der Waals surface area (Å²) in [5, 5.41) is 5.12. The van der Waals surface area contributed by atoms with Gasteiger partial charge in [0.2, 0.25) is 5.91 Å². The van der Waals surface area contributed by atoms with Crippen molar-refractivity contribution in [2.75, 3.05) is 0 Å². The van der Waals surface area contributed by atoms with Crippen molar-refractivity contribution >= 4 is 22.7 Å². The minimum absolute atomic E-state index is 0.245. The molecule has 7 heteroatoms. The van der Waals surface area contributed by atoms with Gasteiger partial charge in [0.1, 0.15) is 0 Å². The van der Waals surface area contributed by atoms with E-state index in [0.717, 1.165) is 22.2 Å². The number of aryl methyl sites for hydroxylation is 1. The maximum atomic E-state index is 12.3. The van der Waals surface area contributed by atoms with E-state index in [2.05, 4.69) is 20.9 Å². The van der Waals surface area contributed by atoms with Crippen LogP contribution in [0, 0.1) is 0 Å². The fourth-order valence-corrected chi connectivity index (χ4v) is 2.98. The number of carbonyl (C=O) groups is 2. The molecule has 0 bridgehead atoms. The number of H-pyrrole nitrogens is 1. The van der Waals surface area contributed by atoms with Crippen LogP contribution < -0.4 is 10.9 Å². The van der Waals surface area contributed by atoms with Crippen LogP contribution in [-0.2, 0) is 11.2 Å². The Morgan fingerprint density at radius 1 is 1.00 bits per heavy atom. The highest BCUT2D eigenvalue weighted by molar-refractivity contribution is 6.07. The summed E-state index contributed by atoms with van der Waals surface area (Å²) in [5.74, 6) is -0.622. The van der Waals surface area contributed by atoms with Gasteiger partial charge in [0.05, 0.1) is 17.4 Å². The molecule has 0 aliphatic rings. The second kappa shape index (κ2) is 7.79. The Balaban J connectivity index is 1.29. The van der Waals surface area contributed by atoms with E-state index in [1.165, 1.54) is 0 Å². The zero-order valence-corrected chi connectivity index (χ0v) is 15.1. The second-order valence-corrected chi connectivity index (χ2v) is 6.38. The average molecular weight is 373 g/mol. The number of benzene rings is 2. The molecule has 4 aromatic rings. The molecule has 0 fully saturated rings. The highest BCUT2D eigenvalue weighted by atomic mass is 16.2. The molecule has 4 rings (SSSR count). The van der Waals surface area contributed by atoms with Crippen LogP contribution in [-0.4, -0.2) is 26.6 Å². The second-order valence-electron chi connectivity index (χ2n) is 6.38. The molecule has 0 saturated heterocycles. The van der Waals surface area contributed by atoms with Gasteiger partial charge in [0.25, 0.3) is 5.91 Å². The van der Waals surface area contributed by atoms with Crippen molar-refractivity contribution in [2.24, 2.45) is 0 Å². The van der Waals surface area contributed by atoms with Crippen LogP contribution in [0.2, 0.25) is 0 Å². The average Bonchev–Trinajstić information content (AvgIpc) is 3.38. The molecule has 3 N–H and O–H groups in total. The Morgan fingerprint density at radius 3 is 2.64 bits per heavy atom. The Morgan fingerprint density at radius 2 is 1.79 bits per heavy atom. The smallest absolute Gasteiger partial charge is 0.271 e. The van der Waals surface area contributed by atoms with Crippen LogP contribution in [0.15, 0.2) is 73.2 Å². The van der Waals surface area contributed by atoms with Crippen molar-refractivity contribution in [3.63, 3.8) is 0 Å². The minimum Gasteiger partial charge on any atom is -0.360 e. The molecule has 2 amide bonds. The first-order valence-electron chi connectivity index (χ1n) is 8.95. The Hall–Kier alpha value is -3.87. The summed E-state index contributed by atoms with van der Waals surface area (Å²) < 4.78 is 1.77. The molecule has 2 aromatic heterocycles. The van der Waals surface area contributed by atoms with Gasteiger partial charge in [-0.3, -0.25) is 20.4 Å². The van der Waals surface area contributed by atoms with Gasteiger partial charge in [0, 0.05) is 29.7 Å². The van der Waals surface area contributed by atoms with E-state index in [-0.39, 0.29) is 18.2 Å². The van der Waals surface area contributed by atoms with E-state index in [9.17, 15) is 9.59 Å². The third-order valence-corrected chi connectivity index (χ3v) is 4.45. The monoisotopic (exact) mass is 373 g/mol. The maximum Gasteiger partial charge on any atom is 0.271 e. The van der Waals surface area contributed by atoms with Gasteiger partial charge >= 0.3 is 0 Å². The molecule has 0 unspecified atom stereocenters. The zero-order valence-electron chi connectivity index (χ0n) is 15.1. The lowest BCUT2D eigenvalue weighted by Crippen LogP contribution is -2.41. The molecule has 140 valence electrons. The Bertz CT molecular complexity index is 1110. The van der Waals surface area contributed by atoms with Gasteiger partial charge < -0.3 is 4.98 Å². The zero-order chi connectivity index (χ0) is 19.3. The van der Waals surface area contributed by atoms with Crippen LogP contribution in [0.5, 0.6) is 0 Å². The third kappa shape index (κ3) is 3.78. The number of nitrogens with one attached hydrogen (secondary N) is 3. The number of para-hydroxylation sites is 2. The van der Waals surface area contributed by atoms with Gasteiger partial charge in [-0.1, -0.05) is 36.4 Å². The van der Waals surface area contributed by atoms with Crippen molar-refractivity contribution in [3.8, 4) is 5.69 Å². The molecule has 28 heavy (non-hydrogen) atoms.